The maximum atomic E-state index is 11.8. The molecule has 0 saturated carbocycles. The molecule has 3 nitrogen and oxygen atoms in total. The van der Waals surface area contributed by atoms with E-state index in [1.54, 1.807) is 20.8 Å². The number of aliphatic hydroxyl groups is 1. The van der Waals surface area contributed by atoms with Gasteiger partial charge in [-0.25, -0.2) is 0 Å². The topological polar surface area (TPSA) is 49.3 Å². The van der Waals surface area contributed by atoms with E-state index in [1.165, 1.54) is 0 Å². The molecule has 84 valence electrons. The molecule has 0 rings (SSSR count). The number of rotatable bonds is 2. The lowest BCUT2D eigenvalue weighted by atomic mass is 9.96. The Hall–Kier alpha value is -0.780. The van der Waals surface area contributed by atoms with Crippen LogP contribution in [0, 0.1) is 5.41 Å². The van der Waals surface area contributed by atoms with E-state index in [2.05, 4.69) is 0 Å². The van der Waals surface area contributed by atoms with Gasteiger partial charge in [0.15, 0.2) is 6.10 Å². The average Bonchev–Trinajstić information content (AvgIpc) is 1.95. The van der Waals surface area contributed by atoms with Crippen LogP contribution in [0.25, 0.3) is 0 Å². The third-order valence-electron chi connectivity index (χ3n) is 1.51. The molecule has 1 atom stereocenters. The van der Waals surface area contributed by atoms with Gasteiger partial charge in [-0.05, 0) is 0 Å². The van der Waals surface area contributed by atoms with Crippen LogP contribution in [0.3, 0.4) is 0 Å². The lowest BCUT2D eigenvalue weighted by Gasteiger charge is -2.20. The summed E-state index contributed by atoms with van der Waals surface area (Å²) in [6, 6.07) is 0. The van der Waals surface area contributed by atoms with Crippen molar-refractivity contribution in [2.75, 3.05) is 6.54 Å². The van der Waals surface area contributed by atoms with Gasteiger partial charge in [0.25, 0.3) is 0 Å². The van der Waals surface area contributed by atoms with E-state index in [4.69, 9.17) is 5.11 Å². The number of carbonyl (C=O) groups excluding carboxylic acids is 1. The summed E-state index contributed by atoms with van der Waals surface area (Å²) in [6.07, 6.45) is -7.20. The van der Waals surface area contributed by atoms with E-state index in [1.807, 2.05) is 5.32 Å². The van der Waals surface area contributed by atoms with E-state index < -0.39 is 30.1 Å². The van der Waals surface area contributed by atoms with E-state index >= 15 is 0 Å². The number of aliphatic hydroxyl groups excluding tert-OH is 1. The van der Waals surface area contributed by atoms with Crippen LogP contribution in [0.2, 0.25) is 0 Å². The van der Waals surface area contributed by atoms with E-state index in [-0.39, 0.29) is 0 Å². The molecule has 0 heterocycles. The molecule has 0 aliphatic heterocycles. The Morgan fingerprint density at radius 3 is 2.07 bits per heavy atom. The molecule has 1 amide bonds. The second-order valence-electron chi connectivity index (χ2n) is 4.02. The van der Waals surface area contributed by atoms with Gasteiger partial charge in [-0.3, -0.25) is 4.79 Å². The highest BCUT2D eigenvalue weighted by Crippen LogP contribution is 2.19. The summed E-state index contributed by atoms with van der Waals surface area (Å²) in [7, 11) is 0. The minimum Gasteiger partial charge on any atom is -0.382 e. The van der Waals surface area contributed by atoms with Crippen molar-refractivity contribution >= 4 is 5.91 Å². The molecule has 2 N–H and O–H groups in total. The average molecular weight is 213 g/mol. The Bertz CT molecular complexity index is 208. The highest BCUT2D eigenvalue weighted by Gasteiger charge is 2.38. The molecule has 0 aromatic rings. The van der Waals surface area contributed by atoms with Crippen molar-refractivity contribution in [2.45, 2.75) is 33.1 Å². The predicted octanol–water partition coefficient (Wildman–Crippen LogP) is 1.07. The molecule has 0 radical (unpaired) electrons. The van der Waals surface area contributed by atoms with Crippen molar-refractivity contribution in [3.63, 3.8) is 0 Å². The minimum atomic E-state index is -4.69. The van der Waals surface area contributed by atoms with Crippen molar-refractivity contribution < 1.29 is 23.1 Å². The number of nitrogens with one attached hydrogen (secondary N) is 1. The van der Waals surface area contributed by atoms with Crippen molar-refractivity contribution in [3.8, 4) is 0 Å². The highest BCUT2D eigenvalue weighted by atomic mass is 19.4. The number of carbonyl (C=O) groups is 1. The molecule has 0 aromatic carbocycles. The van der Waals surface area contributed by atoms with Crippen LogP contribution in [0.1, 0.15) is 20.8 Å². The standard InChI is InChI=1S/C8H14F3NO2/c1-7(2,3)6(14)12-4-5(13)8(9,10)11/h5,13H,4H2,1-3H3,(H,12,14). The second-order valence-corrected chi connectivity index (χ2v) is 4.02. The third kappa shape index (κ3) is 4.45. The Labute approximate surface area is 80.3 Å². The number of alkyl halides is 3. The summed E-state index contributed by atoms with van der Waals surface area (Å²) in [5.74, 6) is -0.527. The summed E-state index contributed by atoms with van der Waals surface area (Å²) >= 11 is 0. The monoisotopic (exact) mass is 213 g/mol. The Balaban J connectivity index is 4.03. The summed E-state index contributed by atoms with van der Waals surface area (Å²) < 4.78 is 35.4. The highest BCUT2D eigenvalue weighted by molar-refractivity contribution is 5.81. The van der Waals surface area contributed by atoms with Gasteiger partial charge < -0.3 is 10.4 Å². The number of amides is 1. The van der Waals surface area contributed by atoms with Crippen LogP contribution in [-0.4, -0.2) is 29.8 Å². The summed E-state index contributed by atoms with van der Waals surface area (Å²) in [5, 5.41) is 10.6. The largest absolute Gasteiger partial charge is 0.416 e. The van der Waals surface area contributed by atoms with Gasteiger partial charge >= 0.3 is 6.18 Å². The first-order valence-electron chi connectivity index (χ1n) is 4.08. The van der Waals surface area contributed by atoms with E-state index in [0.29, 0.717) is 0 Å². The minimum absolute atomic E-state index is 0.527. The van der Waals surface area contributed by atoms with Crippen LogP contribution in [0.5, 0.6) is 0 Å². The van der Waals surface area contributed by atoms with Gasteiger partial charge in [-0.2, -0.15) is 13.2 Å². The van der Waals surface area contributed by atoms with Gasteiger partial charge in [0.2, 0.25) is 5.91 Å². The van der Waals surface area contributed by atoms with Gasteiger partial charge in [0, 0.05) is 5.41 Å². The van der Waals surface area contributed by atoms with Gasteiger partial charge in [-0.15, -0.1) is 0 Å². The van der Waals surface area contributed by atoms with Gasteiger partial charge in [-0.1, -0.05) is 20.8 Å². The van der Waals surface area contributed by atoms with Gasteiger partial charge in [0.1, 0.15) is 0 Å². The SMILES string of the molecule is CC(C)(C)C(=O)NCC(O)C(F)(F)F. The number of hydrogen-bond donors (Lipinski definition) is 2. The summed E-state index contributed by atoms with van der Waals surface area (Å²) in [4.78, 5) is 11.1. The fraction of sp³-hybridized carbons (Fsp3) is 0.875. The lowest BCUT2D eigenvalue weighted by molar-refractivity contribution is -0.202. The molecule has 14 heavy (non-hydrogen) atoms. The molecule has 0 aliphatic carbocycles. The molecule has 6 heteroatoms. The molecule has 0 bridgehead atoms. The molecule has 0 aromatic heterocycles. The lowest BCUT2D eigenvalue weighted by Crippen LogP contribution is -2.44. The number of hydrogen-bond acceptors (Lipinski definition) is 2. The predicted molar refractivity (Wildman–Crippen MR) is 44.5 cm³/mol. The normalized spacial score (nSPS) is 15.1. The zero-order chi connectivity index (χ0) is 11.6. The zero-order valence-electron chi connectivity index (χ0n) is 8.27. The fourth-order valence-electron chi connectivity index (χ4n) is 0.570. The first-order chi connectivity index (χ1) is 6.05. The fourth-order valence-corrected chi connectivity index (χ4v) is 0.570. The van der Waals surface area contributed by atoms with Crippen LogP contribution in [-0.2, 0) is 4.79 Å². The smallest absolute Gasteiger partial charge is 0.382 e. The van der Waals surface area contributed by atoms with E-state index in [9.17, 15) is 18.0 Å². The van der Waals surface area contributed by atoms with Crippen LogP contribution < -0.4 is 5.32 Å². The van der Waals surface area contributed by atoms with Crippen LogP contribution in [0.4, 0.5) is 13.2 Å². The Morgan fingerprint density at radius 1 is 1.36 bits per heavy atom. The molecule has 0 fully saturated rings. The first-order valence-corrected chi connectivity index (χ1v) is 4.08. The molecule has 0 saturated heterocycles. The maximum absolute atomic E-state index is 11.8. The first kappa shape index (κ1) is 13.2. The van der Waals surface area contributed by atoms with E-state index in [0.717, 1.165) is 0 Å². The summed E-state index contributed by atoms with van der Waals surface area (Å²) in [6.45, 7) is 3.91. The van der Waals surface area contributed by atoms with Crippen molar-refractivity contribution in [1.29, 1.82) is 0 Å². The van der Waals surface area contributed by atoms with Crippen LogP contribution in [0.15, 0.2) is 0 Å². The molecular formula is C8H14F3NO2. The Morgan fingerprint density at radius 2 is 1.79 bits per heavy atom. The van der Waals surface area contributed by atoms with Crippen molar-refractivity contribution in [2.24, 2.45) is 5.41 Å². The summed E-state index contributed by atoms with van der Waals surface area (Å²) in [5.41, 5.74) is -0.759. The molecule has 0 spiro atoms. The maximum Gasteiger partial charge on any atom is 0.416 e. The zero-order valence-corrected chi connectivity index (χ0v) is 8.27. The molecule has 1 unspecified atom stereocenters. The Kier molecular flexibility index (Phi) is 3.93. The second kappa shape index (κ2) is 4.16. The third-order valence-corrected chi connectivity index (χ3v) is 1.51. The molecule has 0 aliphatic rings. The molecular weight excluding hydrogens is 199 g/mol. The number of halogens is 3. The quantitative estimate of drug-likeness (QED) is 0.720. The van der Waals surface area contributed by atoms with Crippen molar-refractivity contribution in [1.82, 2.24) is 5.32 Å². The van der Waals surface area contributed by atoms with Crippen LogP contribution >= 0.6 is 0 Å². The van der Waals surface area contributed by atoms with Gasteiger partial charge in [0.05, 0.1) is 6.54 Å². The van der Waals surface area contributed by atoms with Crippen molar-refractivity contribution in [3.05, 3.63) is 0 Å².